The third-order valence-corrected chi connectivity index (χ3v) is 5.57. The summed E-state index contributed by atoms with van der Waals surface area (Å²) in [6.45, 7) is 2.25. The normalized spacial score (nSPS) is 11.7. The van der Waals surface area contributed by atoms with Gasteiger partial charge in [-0.3, -0.25) is 4.79 Å². The highest BCUT2D eigenvalue weighted by Gasteiger charge is 2.19. The van der Waals surface area contributed by atoms with Crippen LogP contribution in [0.5, 0.6) is 11.5 Å². The van der Waals surface area contributed by atoms with Crippen molar-refractivity contribution in [2.45, 2.75) is 23.9 Å². The van der Waals surface area contributed by atoms with Crippen LogP contribution in [-0.2, 0) is 18.4 Å². The maximum atomic E-state index is 12.5. The summed E-state index contributed by atoms with van der Waals surface area (Å²) in [5.41, 5.74) is 1.91. The Bertz CT molecular complexity index is 975. The summed E-state index contributed by atoms with van der Waals surface area (Å²) in [4.78, 5) is 12.5. The van der Waals surface area contributed by atoms with Gasteiger partial charge in [0.25, 0.3) is 0 Å². The van der Waals surface area contributed by atoms with E-state index in [-0.39, 0.29) is 11.2 Å². The zero-order valence-electron chi connectivity index (χ0n) is 16.9. The molecule has 0 aliphatic carbocycles. The van der Waals surface area contributed by atoms with E-state index in [1.807, 2.05) is 67.1 Å². The standard InChI is InChI=1S/C21H24N4O3S/c1-14(20(26)22-13-15-10-11-17(27-3)18(12-15)28-4)29-21-24-23-19(25(21)2)16-8-6-5-7-9-16/h5-12,14H,13H2,1-4H3,(H,22,26)/t14-/m1/s1. The van der Waals surface area contributed by atoms with Gasteiger partial charge in [-0.25, -0.2) is 0 Å². The number of aromatic nitrogens is 3. The van der Waals surface area contributed by atoms with E-state index in [9.17, 15) is 4.79 Å². The quantitative estimate of drug-likeness (QED) is 0.572. The molecule has 1 N–H and O–H groups in total. The Balaban J connectivity index is 1.61. The third-order valence-electron chi connectivity index (χ3n) is 4.43. The summed E-state index contributed by atoms with van der Waals surface area (Å²) in [7, 11) is 5.08. The minimum absolute atomic E-state index is 0.0750. The highest BCUT2D eigenvalue weighted by atomic mass is 32.2. The molecule has 7 nitrogen and oxygen atoms in total. The zero-order valence-corrected chi connectivity index (χ0v) is 17.7. The number of amides is 1. The van der Waals surface area contributed by atoms with E-state index in [0.717, 1.165) is 17.0 Å². The SMILES string of the molecule is COc1ccc(CNC(=O)[C@@H](C)Sc2nnc(-c3ccccc3)n2C)cc1OC. The van der Waals surface area contributed by atoms with Gasteiger partial charge in [0.1, 0.15) is 0 Å². The summed E-state index contributed by atoms with van der Waals surface area (Å²) >= 11 is 1.38. The first-order valence-corrected chi connectivity index (χ1v) is 10.0. The van der Waals surface area contributed by atoms with Crippen molar-refractivity contribution < 1.29 is 14.3 Å². The largest absolute Gasteiger partial charge is 0.493 e. The molecule has 2 aromatic carbocycles. The molecule has 1 atom stereocenters. The first kappa shape index (κ1) is 20.7. The highest BCUT2D eigenvalue weighted by Crippen LogP contribution is 2.28. The molecule has 0 saturated heterocycles. The lowest BCUT2D eigenvalue weighted by molar-refractivity contribution is -0.120. The first-order chi connectivity index (χ1) is 14.0. The average molecular weight is 413 g/mol. The van der Waals surface area contributed by atoms with E-state index in [0.29, 0.717) is 23.2 Å². The van der Waals surface area contributed by atoms with Gasteiger partial charge in [-0.1, -0.05) is 48.2 Å². The number of hydrogen-bond donors (Lipinski definition) is 1. The van der Waals surface area contributed by atoms with Crippen LogP contribution in [-0.4, -0.2) is 40.1 Å². The van der Waals surface area contributed by atoms with E-state index in [4.69, 9.17) is 9.47 Å². The summed E-state index contributed by atoms with van der Waals surface area (Å²) < 4.78 is 12.4. The van der Waals surface area contributed by atoms with Crippen LogP contribution in [0.2, 0.25) is 0 Å². The van der Waals surface area contributed by atoms with Crippen LogP contribution in [0.3, 0.4) is 0 Å². The Kier molecular flexibility index (Phi) is 6.77. The summed E-state index contributed by atoms with van der Waals surface area (Å²) in [6.07, 6.45) is 0. The van der Waals surface area contributed by atoms with Crippen LogP contribution in [0.1, 0.15) is 12.5 Å². The Morgan fingerprint density at radius 2 is 1.83 bits per heavy atom. The summed E-state index contributed by atoms with van der Waals surface area (Å²) in [5, 5.41) is 11.8. The van der Waals surface area contributed by atoms with Gasteiger partial charge in [-0.05, 0) is 24.6 Å². The van der Waals surface area contributed by atoms with Crippen LogP contribution in [0.4, 0.5) is 0 Å². The fraction of sp³-hybridized carbons (Fsp3) is 0.286. The van der Waals surface area contributed by atoms with E-state index < -0.39 is 0 Å². The molecule has 29 heavy (non-hydrogen) atoms. The Labute approximate surface area is 174 Å². The van der Waals surface area contributed by atoms with Gasteiger partial charge in [0.15, 0.2) is 22.5 Å². The molecule has 1 aromatic heterocycles. The van der Waals surface area contributed by atoms with Crippen LogP contribution in [0.15, 0.2) is 53.7 Å². The second-order valence-electron chi connectivity index (χ2n) is 6.40. The molecular formula is C21H24N4O3S. The maximum absolute atomic E-state index is 12.5. The first-order valence-electron chi connectivity index (χ1n) is 9.13. The number of hydrogen-bond acceptors (Lipinski definition) is 6. The van der Waals surface area contributed by atoms with Crippen molar-refractivity contribution in [2.24, 2.45) is 7.05 Å². The van der Waals surface area contributed by atoms with Crippen LogP contribution in [0, 0.1) is 0 Å². The van der Waals surface area contributed by atoms with Crippen molar-refractivity contribution in [3.05, 3.63) is 54.1 Å². The molecule has 1 heterocycles. The van der Waals surface area contributed by atoms with E-state index in [1.165, 1.54) is 11.8 Å². The van der Waals surface area contributed by atoms with Crippen molar-refractivity contribution in [3.63, 3.8) is 0 Å². The molecule has 0 aliphatic rings. The second kappa shape index (κ2) is 9.47. The molecular weight excluding hydrogens is 388 g/mol. The number of carbonyl (C=O) groups excluding carboxylic acids is 1. The van der Waals surface area contributed by atoms with E-state index in [1.54, 1.807) is 14.2 Å². The molecule has 8 heteroatoms. The predicted octanol–water partition coefficient (Wildman–Crippen LogP) is 3.30. The van der Waals surface area contributed by atoms with E-state index in [2.05, 4.69) is 15.5 Å². The molecule has 0 aliphatic heterocycles. The van der Waals surface area contributed by atoms with Crippen molar-refractivity contribution in [1.29, 1.82) is 0 Å². The number of nitrogens with zero attached hydrogens (tertiary/aromatic N) is 3. The van der Waals surface area contributed by atoms with Crippen LogP contribution < -0.4 is 14.8 Å². The molecule has 0 radical (unpaired) electrons. The summed E-state index contributed by atoms with van der Waals surface area (Å²) in [6, 6.07) is 15.4. The van der Waals surface area contributed by atoms with Gasteiger partial charge in [-0.2, -0.15) is 0 Å². The summed E-state index contributed by atoms with van der Waals surface area (Å²) in [5.74, 6) is 1.98. The fourth-order valence-electron chi connectivity index (χ4n) is 2.79. The minimum atomic E-state index is -0.318. The van der Waals surface area contributed by atoms with E-state index >= 15 is 0 Å². The number of nitrogens with one attached hydrogen (secondary N) is 1. The highest BCUT2D eigenvalue weighted by molar-refractivity contribution is 8.00. The molecule has 3 aromatic rings. The third kappa shape index (κ3) is 4.89. The Morgan fingerprint density at radius 3 is 2.52 bits per heavy atom. The number of rotatable bonds is 8. The zero-order chi connectivity index (χ0) is 20.8. The lowest BCUT2D eigenvalue weighted by Crippen LogP contribution is -2.30. The average Bonchev–Trinajstić information content (AvgIpc) is 3.12. The van der Waals surface area contributed by atoms with Gasteiger partial charge in [-0.15, -0.1) is 10.2 Å². The molecule has 0 fully saturated rings. The number of thioether (sulfide) groups is 1. The molecule has 3 rings (SSSR count). The Hall–Kier alpha value is -3.00. The second-order valence-corrected chi connectivity index (χ2v) is 7.71. The van der Waals surface area contributed by atoms with Crippen molar-refractivity contribution >= 4 is 17.7 Å². The molecule has 0 saturated carbocycles. The van der Waals surface area contributed by atoms with Crippen LogP contribution in [0.25, 0.3) is 11.4 Å². The lowest BCUT2D eigenvalue weighted by atomic mass is 10.2. The fourth-order valence-corrected chi connectivity index (χ4v) is 3.63. The molecule has 0 bridgehead atoms. The van der Waals surface area contributed by atoms with Gasteiger partial charge < -0.3 is 19.4 Å². The number of carbonyl (C=O) groups is 1. The number of ether oxygens (including phenoxy) is 2. The topological polar surface area (TPSA) is 78.3 Å². The van der Waals surface area contributed by atoms with Crippen molar-refractivity contribution in [3.8, 4) is 22.9 Å². The molecule has 0 spiro atoms. The molecule has 1 amide bonds. The lowest BCUT2D eigenvalue weighted by Gasteiger charge is -2.13. The number of methoxy groups -OCH3 is 2. The van der Waals surface area contributed by atoms with Crippen molar-refractivity contribution in [2.75, 3.05) is 14.2 Å². The number of benzene rings is 2. The Morgan fingerprint density at radius 1 is 1.10 bits per heavy atom. The molecule has 152 valence electrons. The smallest absolute Gasteiger partial charge is 0.233 e. The van der Waals surface area contributed by atoms with Crippen LogP contribution >= 0.6 is 11.8 Å². The van der Waals surface area contributed by atoms with Crippen molar-refractivity contribution in [1.82, 2.24) is 20.1 Å². The molecule has 0 unspecified atom stereocenters. The van der Waals surface area contributed by atoms with Gasteiger partial charge in [0.2, 0.25) is 5.91 Å². The predicted molar refractivity (Wildman–Crippen MR) is 113 cm³/mol. The minimum Gasteiger partial charge on any atom is -0.493 e. The van der Waals surface area contributed by atoms with Gasteiger partial charge in [0, 0.05) is 19.2 Å². The van der Waals surface area contributed by atoms with Gasteiger partial charge in [0.05, 0.1) is 19.5 Å². The maximum Gasteiger partial charge on any atom is 0.233 e. The van der Waals surface area contributed by atoms with Gasteiger partial charge >= 0.3 is 0 Å². The monoisotopic (exact) mass is 412 g/mol.